The fraction of sp³-hybridized carbons (Fsp3) is 0.455. The SMILES string of the molecule is Cc1ccc2n1CCN(C(=O)c1cccc(N3CCCC3=O)c1)C2C(C)C. The van der Waals surface area contributed by atoms with Gasteiger partial charge in [-0.1, -0.05) is 19.9 Å². The van der Waals surface area contributed by atoms with Crippen molar-refractivity contribution in [3.05, 3.63) is 53.3 Å². The van der Waals surface area contributed by atoms with Crippen LogP contribution in [0.4, 0.5) is 5.69 Å². The van der Waals surface area contributed by atoms with Gasteiger partial charge in [-0.15, -0.1) is 0 Å². The second-order valence-corrected chi connectivity index (χ2v) is 7.94. The van der Waals surface area contributed by atoms with Crippen LogP contribution in [0.3, 0.4) is 0 Å². The highest BCUT2D eigenvalue weighted by Gasteiger charge is 2.34. The molecule has 1 saturated heterocycles. The van der Waals surface area contributed by atoms with Gasteiger partial charge in [-0.05, 0) is 49.6 Å². The monoisotopic (exact) mass is 365 g/mol. The number of aryl methyl sites for hydroxylation is 1. The summed E-state index contributed by atoms with van der Waals surface area (Å²) in [5.41, 5.74) is 3.96. The Kier molecular flexibility index (Phi) is 4.54. The van der Waals surface area contributed by atoms with E-state index in [1.54, 1.807) is 4.90 Å². The first kappa shape index (κ1) is 17.8. The quantitative estimate of drug-likeness (QED) is 0.831. The van der Waals surface area contributed by atoms with Gasteiger partial charge in [0, 0.05) is 48.7 Å². The summed E-state index contributed by atoms with van der Waals surface area (Å²) in [6.45, 7) is 8.73. The topological polar surface area (TPSA) is 45.6 Å². The molecule has 1 atom stereocenters. The van der Waals surface area contributed by atoms with E-state index in [4.69, 9.17) is 0 Å². The Bertz CT molecular complexity index is 883. The minimum atomic E-state index is 0.0484. The fourth-order valence-corrected chi connectivity index (χ4v) is 4.48. The van der Waals surface area contributed by atoms with E-state index >= 15 is 0 Å². The molecule has 0 spiro atoms. The zero-order chi connectivity index (χ0) is 19.1. The van der Waals surface area contributed by atoms with E-state index in [0.29, 0.717) is 24.4 Å². The molecule has 4 rings (SSSR count). The summed E-state index contributed by atoms with van der Waals surface area (Å²) in [5.74, 6) is 0.517. The zero-order valence-corrected chi connectivity index (χ0v) is 16.3. The first-order valence-corrected chi connectivity index (χ1v) is 9.85. The average Bonchev–Trinajstić information content (AvgIpc) is 3.26. The van der Waals surface area contributed by atoms with Crippen LogP contribution in [0, 0.1) is 12.8 Å². The third kappa shape index (κ3) is 3.05. The smallest absolute Gasteiger partial charge is 0.254 e. The number of hydrogen-bond acceptors (Lipinski definition) is 2. The van der Waals surface area contributed by atoms with Crippen LogP contribution < -0.4 is 4.90 Å². The molecule has 2 aliphatic rings. The molecule has 5 heteroatoms. The molecule has 142 valence electrons. The lowest BCUT2D eigenvalue weighted by Gasteiger charge is -2.40. The Morgan fingerprint density at radius 3 is 2.63 bits per heavy atom. The molecule has 3 heterocycles. The average molecular weight is 365 g/mol. The van der Waals surface area contributed by atoms with Crippen LogP contribution in [0.2, 0.25) is 0 Å². The van der Waals surface area contributed by atoms with Crippen molar-refractivity contribution in [3.8, 4) is 0 Å². The van der Waals surface area contributed by atoms with Crippen LogP contribution >= 0.6 is 0 Å². The van der Waals surface area contributed by atoms with E-state index in [9.17, 15) is 9.59 Å². The Morgan fingerprint density at radius 1 is 1.11 bits per heavy atom. The predicted octanol–water partition coefficient (Wildman–Crippen LogP) is 3.78. The number of rotatable bonds is 3. The summed E-state index contributed by atoms with van der Waals surface area (Å²) in [7, 11) is 0. The lowest BCUT2D eigenvalue weighted by Crippen LogP contribution is -2.44. The molecular formula is C22H27N3O2. The molecule has 1 aromatic carbocycles. The van der Waals surface area contributed by atoms with E-state index in [0.717, 1.165) is 25.2 Å². The van der Waals surface area contributed by atoms with E-state index in [1.807, 2.05) is 29.2 Å². The van der Waals surface area contributed by atoms with Gasteiger partial charge in [0.25, 0.3) is 5.91 Å². The van der Waals surface area contributed by atoms with Crippen molar-refractivity contribution in [2.45, 2.75) is 46.2 Å². The minimum Gasteiger partial charge on any atom is -0.345 e. The number of carbonyl (C=O) groups excluding carboxylic acids is 2. The number of hydrogen-bond donors (Lipinski definition) is 0. The molecule has 0 saturated carbocycles. The Labute approximate surface area is 160 Å². The summed E-state index contributed by atoms with van der Waals surface area (Å²) < 4.78 is 2.33. The van der Waals surface area contributed by atoms with Crippen molar-refractivity contribution in [1.82, 2.24) is 9.47 Å². The van der Waals surface area contributed by atoms with Crippen molar-refractivity contribution >= 4 is 17.5 Å². The molecule has 2 aromatic rings. The molecule has 0 radical (unpaired) electrons. The van der Waals surface area contributed by atoms with Crippen LogP contribution in [0.5, 0.6) is 0 Å². The standard InChI is InChI=1S/C22H27N3O2/c1-15(2)21-19-10-9-16(3)23(19)12-13-25(21)22(27)17-6-4-7-18(14-17)24-11-5-8-20(24)26/h4,6-7,9-10,14-15,21H,5,8,11-13H2,1-3H3. The summed E-state index contributed by atoms with van der Waals surface area (Å²) in [5, 5.41) is 0. The van der Waals surface area contributed by atoms with Gasteiger partial charge in [0.15, 0.2) is 0 Å². The van der Waals surface area contributed by atoms with E-state index in [-0.39, 0.29) is 17.9 Å². The van der Waals surface area contributed by atoms with Gasteiger partial charge in [-0.3, -0.25) is 9.59 Å². The van der Waals surface area contributed by atoms with Gasteiger partial charge < -0.3 is 14.4 Å². The van der Waals surface area contributed by atoms with Crippen molar-refractivity contribution in [3.63, 3.8) is 0 Å². The lowest BCUT2D eigenvalue weighted by molar-refractivity contribution is -0.117. The molecule has 1 aromatic heterocycles. The largest absolute Gasteiger partial charge is 0.345 e. The molecule has 5 nitrogen and oxygen atoms in total. The van der Waals surface area contributed by atoms with Crippen LogP contribution in [0.1, 0.15) is 54.5 Å². The molecule has 2 amide bonds. The molecule has 0 aliphatic carbocycles. The lowest BCUT2D eigenvalue weighted by atomic mass is 9.96. The van der Waals surface area contributed by atoms with Crippen molar-refractivity contribution < 1.29 is 9.59 Å². The van der Waals surface area contributed by atoms with Crippen LogP contribution in [0.15, 0.2) is 36.4 Å². The highest BCUT2D eigenvalue weighted by atomic mass is 16.2. The number of fused-ring (bicyclic) bond motifs is 1. The summed E-state index contributed by atoms with van der Waals surface area (Å²) >= 11 is 0. The van der Waals surface area contributed by atoms with Crippen LogP contribution in [0.25, 0.3) is 0 Å². The summed E-state index contributed by atoms with van der Waals surface area (Å²) in [6, 6.07) is 11.9. The van der Waals surface area contributed by atoms with Crippen molar-refractivity contribution in [1.29, 1.82) is 0 Å². The van der Waals surface area contributed by atoms with Gasteiger partial charge in [-0.2, -0.15) is 0 Å². The Morgan fingerprint density at radius 2 is 1.93 bits per heavy atom. The molecule has 0 N–H and O–H groups in total. The van der Waals surface area contributed by atoms with E-state index < -0.39 is 0 Å². The van der Waals surface area contributed by atoms with E-state index in [1.165, 1.54) is 11.4 Å². The van der Waals surface area contributed by atoms with E-state index in [2.05, 4.69) is 37.5 Å². The maximum atomic E-state index is 13.4. The van der Waals surface area contributed by atoms with Gasteiger partial charge in [-0.25, -0.2) is 0 Å². The number of nitrogens with zero attached hydrogens (tertiary/aromatic N) is 3. The van der Waals surface area contributed by atoms with Crippen LogP contribution in [-0.4, -0.2) is 34.4 Å². The number of carbonyl (C=O) groups is 2. The summed E-state index contributed by atoms with van der Waals surface area (Å²) in [6.07, 6.45) is 1.48. The number of anilines is 1. The van der Waals surface area contributed by atoms with Crippen LogP contribution in [-0.2, 0) is 11.3 Å². The first-order chi connectivity index (χ1) is 13.0. The van der Waals surface area contributed by atoms with Gasteiger partial charge in [0.05, 0.1) is 6.04 Å². The minimum absolute atomic E-state index is 0.0484. The highest BCUT2D eigenvalue weighted by molar-refractivity contribution is 5.99. The predicted molar refractivity (Wildman–Crippen MR) is 106 cm³/mol. The highest BCUT2D eigenvalue weighted by Crippen LogP contribution is 2.35. The Hall–Kier alpha value is -2.56. The molecular weight excluding hydrogens is 338 g/mol. The second-order valence-electron chi connectivity index (χ2n) is 7.94. The molecule has 1 fully saturated rings. The second kappa shape index (κ2) is 6.87. The number of benzene rings is 1. The molecule has 0 bridgehead atoms. The fourth-order valence-electron chi connectivity index (χ4n) is 4.48. The molecule has 1 unspecified atom stereocenters. The molecule has 2 aliphatic heterocycles. The maximum absolute atomic E-state index is 13.4. The maximum Gasteiger partial charge on any atom is 0.254 e. The first-order valence-electron chi connectivity index (χ1n) is 9.85. The third-order valence-electron chi connectivity index (χ3n) is 5.81. The molecule has 27 heavy (non-hydrogen) atoms. The zero-order valence-electron chi connectivity index (χ0n) is 16.3. The van der Waals surface area contributed by atoms with Crippen molar-refractivity contribution in [2.75, 3.05) is 18.0 Å². The van der Waals surface area contributed by atoms with Crippen molar-refractivity contribution in [2.24, 2.45) is 5.92 Å². The normalized spacial score (nSPS) is 19.7. The third-order valence-corrected chi connectivity index (χ3v) is 5.81. The van der Waals surface area contributed by atoms with Gasteiger partial charge in [0.2, 0.25) is 5.91 Å². The van der Waals surface area contributed by atoms with Gasteiger partial charge >= 0.3 is 0 Å². The van der Waals surface area contributed by atoms with Gasteiger partial charge in [0.1, 0.15) is 0 Å². The Balaban J connectivity index is 1.65. The number of aromatic nitrogens is 1. The summed E-state index contributed by atoms with van der Waals surface area (Å²) in [4.78, 5) is 29.3. The number of amides is 2.